The Balaban J connectivity index is 1.33. The lowest BCUT2D eigenvalue weighted by molar-refractivity contribution is -0.122. The van der Waals surface area contributed by atoms with Gasteiger partial charge in [0, 0.05) is 25.3 Å². The highest BCUT2D eigenvalue weighted by molar-refractivity contribution is 7.89. The summed E-state index contributed by atoms with van der Waals surface area (Å²) in [7, 11) is -3.78. The summed E-state index contributed by atoms with van der Waals surface area (Å²) < 4.78 is 42.7. The average molecular weight is 528 g/mol. The normalized spacial score (nSPS) is 15.6. The van der Waals surface area contributed by atoms with Crippen LogP contribution in [-0.4, -0.2) is 66.0 Å². The number of benzene rings is 2. The van der Waals surface area contributed by atoms with Crippen LogP contribution in [0, 0.1) is 11.7 Å². The van der Waals surface area contributed by atoms with Crippen molar-refractivity contribution in [3.8, 4) is 5.69 Å². The number of halogens is 1. The van der Waals surface area contributed by atoms with Crippen molar-refractivity contribution in [2.75, 3.05) is 32.7 Å². The van der Waals surface area contributed by atoms with E-state index < -0.39 is 15.8 Å². The standard InChI is InChI=1S/C27H34FN5O3S/c1-21(2)16-25-18-23(30-33(25)24-9-4-3-5-10-24)19-29-27(34)20-31-12-7-13-32(15-14-31)37(35,36)26-11-6-8-22(28)17-26/h3-6,8-11,17-18,21H,7,12-16,19-20H2,1-2H3,(H,29,34). The molecule has 1 saturated heterocycles. The lowest BCUT2D eigenvalue weighted by Crippen LogP contribution is -2.40. The SMILES string of the molecule is CC(C)Cc1cc(CNC(=O)CN2CCCN(S(=O)(=O)c3cccc(F)c3)CC2)nn1-c1ccccc1. The van der Waals surface area contributed by atoms with Crippen LogP contribution in [0.4, 0.5) is 4.39 Å². The highest BCUT2D eigenvalue weighted by atomic mass is 32.2. The van der Waals surface area contributed by atoms with Gasteiger partial charge in [-0.1, -0.05) is 38.1 Å². The first-order chi connectivity index (χ1) is 17.7. The minimum atomic E-state index is -3.78. The van der Waals surface area contributed by atoms with Crippen LogP contribution >= 0.6 is 0 Å². The third kappa shape index (κ3) is 7.03. The van der Waals surface area contributed by atoms with E-state index in [0.717, 1.165) is 29.6 Å². The van der Waals surface area contributed by atoms with Crippen molar-refractivity contribution in [3.05, 3.63) is 77.9 Å². The van der Waals surface area contributed by atoms with Gasteiger partial charge in [0.05, 0.1) is 29.4 Å². The third-order valence-corrected chi connectivity index (χ3v) is 8.16. The maximum absolute atomic E-state index is 13.6. The Morgan fingerprint density at radius 2 is 1.81 bits per heavy atom. The van der Waals surface area contributed by atoms with Crippen LogP contribution < -0.4 is 5.32 Å². The number of amides is 1. The molecule has 1 fully saturated rings. The van der Waals surface area contributed by atoms with E-state index >= 15 is 0 Å². The molecule has 0 radical (unpaired) electrons. The molecule has 8 nitrogen and oxygen atoms in total. The summed E-state index contributed by atoms with van der Waals surface area (Å²) in [4.78, 5) is 14.6. The average Bonchev–Trinajstić information content (AvgIpc) is 3.10. The monoisotopic (exact) mass is 527 g/mol. The van der Waals surface area contributed by atoms with E-state index in [2.05, 4.69) is 19.2 Å². The fraction of sp³-hybridized carbons (Fsp3) is 0.407. The molecule has 1 amide bonds. The second-order valence-corrected chi connectivity index (χ2v) is 11.7. The molecule has 0 aliphatic carbocycles. The second-order valence-electron chi connectivity index (χ2n) is 9.74. The zero-order valence-corrected chi connectivity index (χ0v) is 22.1. The molecule has 1 aliphatic heterocycles. The Hall–Kier alpha value is -3.08. The van der Waals surface area contributed by atoms with Crippen molar-refractivity contribution in [2.24, 2.45) is 5.92 Å². The Morgan fingerprint density at radius 1 is 1.03 bits per heavy atom. The number of sulfonamides is 1. The zero-order valence-electron chi connectivity index (χ0n) is 21.3. The van der Waals surface area contributed by atoms with E-state index in [1.54, 1.807) is 0 Å². The molecule has 0 unspecified atom stereocenters. The largest absolute Gasteiger partial charge is 0.349 e. The van der Waals surface area contributed by atoms with Gasteiger partial charge in [0.2, 0.25) is 15.9 Å². The number of nitrogens with zero attached hydrogens (tertiary/aromatic N) is 4. The van der Waals surface area contributed by atoms with Crippen LogP contribution in [0.1, 0.15) is 31.7 Å². The highest BCUT2D eigenvalue weighted by Crippen LogP contribution is 2.19. The van der Waals surface area contributed by atoms with Crippen molar-refractivity contribution < 1.29 is 17.6 Å². The second kappa shape index (κ2) is 12.0. The first kappa shape index (κ1) is 27.0. The molecule has 1 N–H and O–H groups in total. The topological polar surface area (TPSA) is 87.5 Å². The maximum Gasteiger partial charge on any atom is 0.243 e. The molecule has 1 aliphatic rings. The van der Waals surface area contributed by atoms with Gasteiger partial charge in [-0.2, -0.15) is 9.40 Å². The van der Waals surface area contributed by atoms with Gasteiger partial charge in [0.15, 0.2) is 0 Å². The number of aromatic nitrogens is 2. The van der Waals surface area contributed by atoms with Gasteiger partial charge in [-0.25, -0.2) is 17.5 Å². The van der Waals surface area contributed by atoms with Crippen molar-refractivity contribution in [3.63, 3.8) is 0 Å². The zero-order chi connectivity index (χ0) is 26.4. The molecule has 1 aromatic heterocycles. The van der Waals surface area contributed by atoms with Gasteiger partial charge in [0.25, 0.3) is 0 Å². The van der Waals surface area contributed by atoms with Crippen molar-refractivity contribution >= 4 is 15.9 Å². The summed E-state index contributed by atoms with van der Waals surface area (Å²) in [5.74, 6) is -0.255. The number of hydrogen-bond donors (Lipinski definition) is 1. The summed E-state index contributed by atoms with van der Waals surface area (Å²) in [6.45, 7) is 6.40. The molecule has 4 rings (SSSR count). The van der Waals surface area contributed by atoms with E-state index in [4.69, 9.17) is 5.10 Å². The minimum absolute atomic E-state index is 0.0505. The van der Waals surface area contributed by atoms with Crippen molar-refractivity contribution in [2.45, 2.75) is 38.1 Å². The van der Waals surface area contributed by atoms with Gasteiger partial charge >= 0.3 is 0 Å². The molecule has 0 bridgehead atoms. The van der Waals surface area contributed by atoms with E-state index in [9.17, 15) is 17.6 Å². The van der Waals surface area contributed by atoms with Crippen LogP contribution in [0.25, 0.3) is 5.69 Å². The van der Waals surface area contributed by atoms with E-state index in [1.807, 2.05) is 46.0 Å². The molecule has 2 aromatic carbocycles. The Bertz CT molecular complexity index is 1310. The molecule has 37 heavy (non-hydrogen) atoms. The lowest BCUT2D eigenvalue weighted by atomic mass is 10.1. The van der Waals surface area contributed by atoms with Gasteiger partial charge in [-0.3, -0.25) is 9.69 Å². The number of hydrogen-bond acceptors (Lipinski definition) is 5. The molecule has 3 aromatic rings. The number of nitrogens with one attached hydrogen (secondary N) is 1. The summed E-state index contributed by atoms with van der Waals surface area (Å²) in [6, 6.07) is 17.0. The third-order valence-electron chi connectivity index (χ3n) is 6.27. The number of carbonyl (C=O) groups excluding carboxylic acids is 1. The van der Waals surface area contributed by atoms with Crippen LogP contribution in [0.2, 0.25) is 0 Å². The molecule has 10 heteroatoms. The number of rotatable bonds is 9. The smallest absolute Gasteiger partial charge is 0.243 e. The van der Waals surface area contributed by atoms with Gasteiger partial charge < -0.3 is 5.32 Å². The minimum Gasteiger partial charge on any atom is -0.349 e. The van der Waals surface area contributed by atoms with E-state index in [1.165, 1.54) is 22.5 Å². The predicted molar refractivity (Wildman–Crippen MR) is 140 cm³/mol. The highest BCUT2D eigenvalue weighted by Gasteiger charge is 2.27. The Morgan fingerprint density at radius 3 is 2.54 bits per heavy atom. The van der Waals surface area contributed by atoms with Crippen LogP contribution in [0.15, 0.2) is 65.6 Å². The summed E-state index contributed by atoms with van der Waals surface area (Å²) >= 11 is 0. The lowest BCUT2D eigenvalue weighted by Gasteiger charge is -2.21. The molecule has 198 valence electrons. The summed E-state index contributed by atoms with van der Waals surface area (Å²) in [5.41, 5.74) is 2.87. The maximum atomic E-state index is 13.6. The first-order valence-corrected chi connectivity index (χ1v) is 14.0. The number of carbonyl (C=O) groups is 1. The fourth-order valence-electron chi connectivity index (χ4n) is 4.49. The van der Waals surface area contributed by atoms with E-state index in [-0.39, 0.29) is 23.9 Å². The van der Waals surface area contributed by atoms with Crippen molar-refractivity contribution in [1.29, 1.82) is 0 Å². The number of para-hydroxylation sites is 1. The van der Waals surface area contributed by atoms with Crippen molar-refractivity contribution in [1.82, 2.24) is 24.3 Å². The first-order valence-electron chi connectivity index (χ1n) is 12.6. The molecule has 2 heterocycles. The fourth-order valence-corrected chi connectivity index (χ4v) is 5.99. The summed E-state index contributed by atoms with van der Waals surface area (Å²) in [5, 5.41) is 7.68. The molecule has 0 atom stereocenters. The van der Waals surface area contributed by atoms with Gasteiger partial charge in [0.1, 0.15) is 5.82 Å². The summed E-state index contributed by atoms with van der Waals surface area (Å²) in [6.07, 6.45) is 1.46. The Kier molecular flexibility index (Phi) is 8.73. The molecule has 0 spiro atoms. The van der Waals surface area contributed by atoms with Crippen LogP contribution in [-0.2, 0) is 27.8 Å². The van der Waals surface area contributed by atoms with E-state index in [0.29, 0.717) is 38.5 Å². The predicted octanol–water partition coefficient (Wildman–Crippen LogP) is 3.22. The van der Waals surface area contributed by atoms with Crippen LogP contribution in [0.3, 0.4) is 0 Å². The molecular formula is C27H34FN5O3S. The van der Waals surface area contributed by atoms with Crippen LogP contribution in [0.5, 0.6) is 0 Å². The Labute approximate surface area is 218 Å². The quantitative estimate of drug-likeness (QED) is 0.462. The molecular weight excluding hydrogens is 493 g/mol. The van der Waals surface area contributed by atoms with Gasteiger partial charge in [-0.15, -0.1) is 0 Å². The van der Waals surface area contributed by atoms with Gasteiger partial charge in [-0.05, 0) is 61.7 Å². The molecule has 0 saturated carbocycles.